The van der Waals surface area contributed by atoms with Crippen molar-refractivity contribution < 1.29 is 23.2 Å². The summed E-state index contributed by atoms with van der Waals surface area (Å²) in [6.07, 6.45) is 0. The van der Waals surface area contributed by atoms with Gasteiger partial charge in [0.05, 0.1) is 28.9 Å². The number of anilines is 1. The highest BCUT2D eigenvalue weighted by Gasteiger charge is 2.37. The van der Waals surface area contributed by atoms with Crippen LogP contribution in [0.15, 0.2) is 12.1 Å². The number of amides is 1. The van der Waals surface area contributed by atoms with E-state index >= 15 is 0 Å². The highest BCUT2D eigenvalue weighted by Crippen LogP contribution is 2.53. The third kappa shape index (κ3) is 5.04. The van der Waals surface area contributed by atoms with Crippen LogP contribution in [0.2, 0.25) is 10.0 Å². The van der Waals surface area contributed by atoms with E-state index in [1.807, 2.05) is 0 Å². The lowest BCUT2D eigenvalue weighted by Crippen LogP contribution is -2.27. The average Bonchev–Trinajstić information content (AvgIpc) is 2.50. The molecule has 0 aliphatic rings. The van der Waals surface area contributed by atoms with Crippen LogP contribution in [-0.2, 0) is 18.4 Å². The maximum absolute atomic E-state index is 12.7. The van der Waals surface area contributed by atoms with E-state index in [9.17, 15) is 14.2 Å². The van der Waals surface area contributed by atoms with E-state index in [1.165, 1.54) is 26.0 Å². The molecule has 1 amide bonds. The van der Waals surface area contributed by atoms with Crippen LogP contribution in [0.25, 0.3) is 0 Å². The van der Waals surface area contributed by atoms with Gasteiger partial charge in [-0.3, -0.25) is 14.2 Å². The van der Waals surface area contributed by atoms with Crippen LogP contribution in [0.4, 0.5) is 5.69 Å². The SMILES string of the molecule is CCOP(=O)(OCC)C(C)C(=O)Nc1cc(Cl)c(Cl)cc1C(C)=O. The van der Waals surface area contributed by atoms with Gasteiger partial charge in [0.1, 0.15) is 5.66 Å². The lowest BCUT2D eigenvalue weighted by molar-refractivity contribution is -0.116. The molecular formula is C15H20Cl2NO5P. The lowest BCUT2D eigenvalue weighted by atomic mass is 10.1. The maximum Gasteiger partial charge on any atom is 0.342 e. The Bertz CT molecular complexity index is 670. The molecule has 9 heteroatoms. The first kappa shape index (κ1) is 21.1. The van der Waals surface area contributed by atoms with Crippen molar-refractivity contribution in [2.75, 3.05) is 18.5 Å². The van der Waals surface area contributed by atoms with Crippen molar-refractivity contribution >= 4 is 48.2 Å². The normalized spacial score (nSPS) is 12.8. The molecule has 0 heterocycles. The average molecular weight is 396 g/mol. The largest absolute Gasteiger partial charge is 0.342 e. The van der Waals surface area contributed by atoms with Crippen LogP contribution in [0, 0.1) is 0 Å². The molecular weight excluding hydrogens is 376 g/mol. The Hall–Kier alpha value is -0.910. The van der Waals surface area contributed by atoms with Gasteiger partial charge in [0.25, 0.3) is 0 Å². The number of hydrogen-bond acceptors (Lipinski definition) is 5. The Morgan fingerprint density at radius 3 is 2.12 bits per heavy atom. The fourth-order valence-corrected chi connectivity index (χ4v) is 3.86. The first-order chi connectivity index (χ1) is 11.2. The van der Waals surface area contributed by atoms with Crippen molar-refractivity contribution in [2.24, 2.45) is 0 Å². The van der Waals surface area contributed by atoms with Crippen LogP contribution in [0.3, 0.4) is 0 Å². The van der Waals surface area contributed by atoms with E-state index < -0.39 is 19.2 Å². The Kier molecular flexibility index (Phi) is 7.90. The predicted molar refractivity (Wildman–Crippen MR) is 95.4 cm³/mol. The van der Waals surface area contributed by atoms with Crippen LogP contribution < -0.4 is 5.32 Å². The third-order valence-corrected chi connectivity index (χ3v) is 6.31. The van der Waals surface area contributed by atoms with Crippen LogP contribution in [-0.4, -0.2) is 30.6 Å². The van der Waals surface area contributed by atoms with E-state index in [-0.39, 0.29) is 40.3 Å². The number of Topliss-reactive ketones (excluding diaryl/α,β-unsaturated/α-hetero) is 1. The molecule has 0 aliphatic carbocycles. The smallest absolute Gasteiger partial charge is 0.325 e. The number of carbonyl (C=O) groups excluding carboxylic acids is 2. The van der Waals surface area contributed by atoms with Gasteiger partial charge in [-0.05, 0) is 39.8 Å². The molecule has 24 heavy (non-hydrogen) atoms. The van der Waals surface area contributed by atoms with Gasteiger partial charge in [0, 0.05) is 5.56 Å². The van der Waals surface area contributed by atoms with Crippen molar-refractivity contribution in [3.05, 3.63) is 27.7 Å². The van der Waals surface area contributed by atoms with Gasteiger partial charge < -0.3 is 14.4 Å². The minimum absolute atomic E-state index is 0.139. The molecule has 6 nitrogen and oxygen atoms in total. The zero-order chi connectivity index (χ0) is 18.5. The van der Waals surface area contributed by atoms with E-state index in [2.05, 4.69) is 5.32 Å². The van der Waals surface area contributed by atoms with E-state index in [1.54, 1.807) is 13.8 Å². The summed E-state index contributed by atoms with van der Waals surface area (Å²) < 4.78 is 23.0. The number of halogens is 2. The summed E-state index contributed by atoms with van der Waals surface area (Å²) in [6.45, 7) is 6.36. The van der Waals surface area contributed by atoms with Gasteiger partial charge in [-0.25, -0.2) is 0 Å². The molecule has 1 atom stereocenters. The van der Waals surface area contributed by atoms with Crippen molar-refractivity contribution in [3.63, 3.8) is 0 Å². The highest BCUT2D eigenvalue weighted by atomic mass is 35.5. The molecule has 1 aromatic rings. The second-order valence-corrected chi connectivity index (χ2v) is 8.09. The summed E-state index contributed by atoms with van der Waals surface area (Å²) in [5, 5.41) is 2.93. The zero-order valence-electron chi connectivity index (χ0n) is 13.9. The molecule has 0 radical (unpaired) electrons. The summed E-state index contributed by atoms with van der Waals surface area (Å²) in [5.74, 6) is -0.907. The molecule has 0 aromatic heterocycles. The van der Waals surface area contributed by atoms with E-state index in [4.69, 9.17) is 32.2 Å². The number of rotatable bonds is 8. The number of nitrogens with one attached hydrogen (secondary N) is 1. The highest BCUT2D eigenvalue weighted by molar-refractivity contribution is 7.55. The molecule has 0 aliphatic heterocycles. The van der Waals surface area contributed by atoms with Gasteiger partial charge in [0.2, 0.25) is 5.91 Å². The quantitative estimate of drug-likeness (QED) is 0.505. The lowest BCUT2D eigenvalue weighted by Gasteiger charge is -2.23. The fraction of sp³-hybridized carbons (Fsp3) is 0.467. The molecule has 0 bridgehead atoms. The minimum Gasteiger partial charge on any atom is -0.325 e. The summed E-state index contributed by atoms with van der Waals surface area (Å²) in [6, 6.07) is 2.74. The number of hydrogen-bond donors (Lipinski definition) is 1. The van der Waals surface area contributed by atoms with Crippen molar-refractivity contribution in [2.45, 2.75) is 33.4 Å². The maximum atomic E-state index is 12.7. The van der Waals surface area contributed by atoms with Gasteiger partial charge >= 0.3 is 7.60 Å². The van der Waals surface area contributed by atoms with Gasteiger partial charge in [-0.15, -0.1) is 0 Å². The van der Waals surface area contributed by atoms with Crippen molar-refractivity contribution in [3.8, 4) is 0 Å². The summed E-state index contributed by atoms with van der Waals surface area (Å²) in [5.41, 5.74) is -0.674. The Balaban J connectivity index is 3.12. The molecule has 0 saturated heterocycles. The molecule has 0 spiro atoms. The molecule has 0 saturated carbocycles. The molecule has 134 valence electrons. The molecule has 1 unspecified atom stereocenters. The Morgan fingerprint density at radius 2 is 1.67 bits per heavy atom. The second-order valence-electron chi connectivity index (χ2n) is 4.91. The van der Waals surface area contributed by atoms with E-state index in [0.717, 1.165) is 0 Å². The van der Waals surface area contributed by atoms with Gasteiger partial charge in [0.15, 0.2) is 5.78 Å². The van der Waals surface area contributed by atoms with Crippen LogP contribution in [0.5, 0.6) is 0 Å². The zero-order valence-corrected chi connectivity index (χ0v) is 16.3. The fourth-order valence-electron chi connectivity index (χ4n) is 1.94. The topological polar surface area (TPSA) is 81.7 Å². The standard InChI is InChI=1S/C15H20Cl2NO5P/c1-5-22-24(21,23-6-2)10(4)15(20)18-14-8-13(17)12(16)7-11(14)9(3)19/h7-8,10H,5-6H2,1-4H3,(H,18,20). The minimum atomic E-state index is -3.62. The van der Waals surface area contributed by atoms with Gasteiger partial charge in [-0.2, -0.15) is 0 Å². The summed E-state index contributed by atoms with van der Waals surface area (Å²) >= 11 is 11.8. The molecule has 1 N–H and O–H groups in total. The van der Waals surface area contributed by atoms with Gasteiger partial charge in [-0.1, -0.05) is 23.2 Å². The van der Waals surface area contributed by atoms with Crippen molar-refractivity contribution in [1.29, 1.82) is 0 Å². The predicted octanol–water partition coefficient (Wildman–Crippen LogP) is 4.79. The number of benzene rings is 1. The monoisotopic (exact) mass is 395 g/mol. The van der Waals surface area contributed by atoms with Crippen LogP contribution >= 0.6 is 30.8 Å². The molecule has 1 aromatic carbocycles. The van der Waals surface area contributed by atoms with E-state index in [0.29, 0.717) is 0 Å². The van der Waals surface area contributed by atoms with Crippen molar-refractivity contribution in [1.82, 2.24) is 0 Å². The summed E-state index contributed by atoms with van der Waals surface area (Å²) in [7, 11) is -3.62. The summed E-state index contributed by atoms with van der Waals surface area (Å²) in [4.78, 5) is 24.2. The number of ketones is 1. The molecule has 1 rings (SSSR count). The first-order valence-electron chi connectivity index (χ1n) is 7.35. The first-order valence-corrected chi connectivity index (χ1v) is 9.72. The molecule has 0 fully saturated rings. The van der Waals surface area contributed by atoms with Crippen LogP contribution in [0.1, 0.15) is 38.1 Å². The second kappa shape index (κ2) is 8.97. The number of carbonyl (C=O) groups is 2. The third-order valence-electron chi connectivity index (χ3n) is 3.17. The Labute approximate surface area is 151 Å². The Morgan fingerprint density at radius 1 is 1.17 bits per heavy atom.